The van der Waals surface area contributed by atoms with Crippen LogP contribution in [-0.4, -0.2) is 60.2 Å². The molecule has 2 heterocycles. The highest BCUT2D eigenvalue weighted by atomic mass is 19.1. The first-order valence-corrected chi connectivity index (χ1v) is 9.86. The van der Waals surface area contributed by atoms with Crippen LogP contribution in [0.2, 0.25) is 0 Å². The molecule has 1 aromatic rings. The van der Waals surface area contributed by atoms with E-state index in [2.05, 4.69) is 0 Å². The number of nitrogen functional groups attached to an aromatic ring is 1. The second kappa shape index (κ2) is 10.4. The van der Waals surface area contributed by atoms with Crippen LogP contribution in [0.5, 0.6) is 0 Å². The van der Waals surface area contributed by atoms with Crippen LogP contribution in [0, 0.1) is 17.0 Å². The summed E-state index contributed by atoms with van der Waals surface area (Å²) >= 11 is 0. The predicted octanol–water partition coefficient (Wildman–Crippen LogP) is 3.16. The van der Waals surface area contributed by atoms with Gasteiger partial charge in [-0.15, -0.1) is 0 Å². The van der Waals surface area contributed by atoms with Crippen molar-refractivity contribution in [3.63, 3.8) is 0 Å². The third-order valence-corrected chi connectivity index (χ3v) is 4.83. The van der Waals surface area contributed by atoms with Crippen molar-refractivity contribution in [3.05, 3.63) is 23.8 Å². The Morgan fingerprint density at radius 1 is 1.17 bits per heavy atom. The molecule has 9 heteroatoms. The molecule has 0 saturated carbocycles. The minimum Gasteiger partial charge on any atom is -0.447 e. The Morgan fingerprint density at radius 3 is 2.31 bits per heavy atom. The number of benzene rings is 1. The molecule has 2 fully saturated rings. The predicted molar refractivity (Wildman–Crippen MR) is 108 cm³/mol. The maximum absolute atomic E-state index is 13.6. The summed E-state index contributed by atoms with van der Waals surface area (Å²) in [6.45, 7) is 5.98. The third-order valence-electron chi connectivity index (χ3n) is 4.83. The fourth-order valence-electron chi connectivity index (χ4n) is 3.14. The number of rotatable bonds is 2. The fraction of sp³-hybridized carbons (Fsp3) is 0.600. The lowest BCUT2D eigenvalue weighted by molar-refractivity contribution is 0.0457. The summed E-state index contributed by atoms with van der Waals surface area (Å²) in [7, 11) is 0. The number of hydrogen-bond donors (Lipinski definition) is 3. The second-order valence-electron chi connectivity index (χ2n) is 7.57. The zero-order valence-electron chi connectivity index (χ0n) is 17.0. The van der Waals surface area contributed by atoms with E-state index >= 15 is 0 Å². The van der Waals surface area contributed by atoms with Gasteiger partial charge in [0.15, 0.2) is 0 Å². The van der Waals surface area contributed by atoms with Crippen LogP contribution in [0.4, 0.5) is 25.0 Å². The van der Waals surface area contributed by atoms with Gasteiger partial charge >= 0.3 is 6.09 Å². The van der Waals surface area contributed by atoms with Crippen molar-refractivity contribution in [1.82, 2.24) is 4.90 Å². The van der Waals surface area contributed by atoms with Gasteiger partial charge in [0.05, 0.1) is 23.6 Å². The number of anilines is 2. The van der Waals surface area contributed by atoms with Crippen LogP contribution in [0.3, 0.4) is 0 Å². The minimum atomic E-state index is -0.600. The van der Waals surface area contributed by atoms with Crippen molar-refractivity contribution >= 4 is 23.2 Å². The molecule has 3 rings (SSSR count). The van der Waals surface area contributed by atoms with E-state index in [0.29, 0.717) is 57.6 Å². The number of ether oxygens (including phenoxy) is 1. The number of hydrogen-bond acceptors (Lipinski definition) is 6. The van der Waals surface area contributed by atoms with Crippen molar-refractivity contribution in [1.29, 1.82) is 5.41 Å². The number of aliphatic hydroxyl groups excluding tert-OH is 1. The molecule has 4 N–H and O–H groups in total. The van der Waals surface area contributed by atoms with Crippen LogP contribution in [0.15, 0.2) is 12.1 Å². The van der Waals surface area contributed by atoms with Gasteiger partial charge in [0.2, 0.25) is 0 Å². The molecule has 2 saturated heterocycles. The molecule has 7 nitrogen and oxygen atoms in total. The van der Waals surface area contributed by atoms with Gasteiger partial charge in [-0.2, -0.15) is 0 Å². The molecule has 162 valence electrons. The Labute approximate surface area is 169 Å². The van der Waals surface area contributed by atoms with Crippen LogP contribution >= 0.6 is 0 Å². The quantitative estimate of drug-likeness (QED) is 0.648. The number of carbonyl (C=O) groups excluding carboxylic acids is 1. The van der Waals surface area contributed by atoms with Crippen LogP contribution in [0.1, 0.15) is 39.5 Å². The first-order valence-electron chi connectivity index (χ1n) is 9.86. The minimum absolute atomic E-state index is 0.0700. The van der Waals surface area contributed by atoms with Gasteiger partial charge < -0.3 is 30.8 Å². The lowest BCUT2D eigenvalue weighted by Gasteiger charge is -2.29. The number of nitrogens with two attached hydrogens (primary N) is 1. The highest BCUT2D eigenvalue weighted by molar-refractivity contribution is 5.83. The zero-order chi connectivity index (χ0) is 21.6. The van der Waals surface area contributed by atoms with Gasteiger partial charge in [-0.3, -0.25) is 0 Å². The summed E-state index contributed by atoms with van der Waals surface area (Å²) in [5, 5.41) is 16.7. The number of halogens is 2. The van der Waals surface area contributed by atoms with E-state index in [1.165, 1.54) is 0 Å². The average Bonchev–Trinajstić information content (AvgIpc) is 2.66. The molecule has 2 aliphatic heterocycles. The zero-order valence-corrected chi connectivity index (χ0v) is 17.0. The van der Waals surface area contributed by atoms with Gasteiger partial charge in [0.25, 0.3) is 0 Å². The summed E-state index contributed by atoms with van der Waals surface area (Å²) in [5.41, 5.74) is 5.99. The SMILES string of the molecule is CC(C)OC(=O)N1CCC(O)CC1.N=C1CCN(c2cc(F)c(N)cc2F)CC1. The average molecular weight is 412 g/mol. The molecule has 0 aromatic heterocycles. The Bertz CT molecular complexity index is 712. The summed E-state index contributed by atoms with van der Waals surface area (Å²) in [6.07, 6.45) is 1.95. The van der Waals surface area contributed by atoms with Crippen LogP contribution < -0.4 is 10.6 Å². The molecule has 1 amide bonds. The molecular formula is C20H30F2N4O3. The van der Waals surface area contributed by atoms with Crippen molar-refractivity contribution in [2.24, 2.45) is 0 Å². The van der Waals surface area contributed by atoms with Gasteiger partial charge in [-0.05, 0) is 26.7 Å². The highest BCUT2D eigenvalue weighted by Gasteiger charge is 2.22. The smallest absolute Gasteiger partial charge is 0.410 e. The van der Waals surface area contributed by atoms with Gasteiger partial charge in [0.1, 0.15) is 11.6 Å². The van der Waals surface area contributed by atoms with Gasteiger partial charge in [-0.25, -0.2) is 13.6 Å². The number of aliphatic hydroxyl groups is 1. The number of piperidine rings is 2. The number of amides is 1. The van der Waals surface area contributed by atoms with E-state index in [0.717, 1.165) is 12.1 Å². The Morgan fingerprint density at radius 2 is 1.76 bits per heavy atom. The standard InChI is InChI=1S/C11H13F2N3.C9H17NO3/c12-8-6-11(9(13)5-10(8)15)16-3-1-7(14)2-4-16;1-7(2)13-9(12)10-5-3-8(11)4-6-10/h5-6,14H,1-4,15H2;7-8,11H,3-6H2,1-2H3. The topological polar surface area (TPSA) is 103 Å². The normalized spacial score (nSPS) is 17.8. The molecule has 0 spiro atoms. The summed E-state index contributed by atoms with van der Waals surface area (Å²) in [4.78, 5) is 14.7. The lowest BCUT2D eigenvalue weighted by Crippen LogP contribution is -2.41. The molecule has 0 radical (unpaired) electrons. The molecule has 29 heavy (non-hydrogen) atoms. The summed E-state index contributed by atoms with van der Waals surface area (Å²) in [5.74, 6) is -1.11. The second-order valence-corrected chi connectivity index (χ2v) is 7.57. The molecule has 0 unspecified atom stereocenters. The van der Waals surface area contributed by atoms with E-state index in [9.17, 15) is 18.7 Å². The number of carbonyl (C=O) groups is 1. The Balaban J connectivity index is 0.000000212. The van der Waals surface area contributed by atoms with Gasteiger partial charge in [-0.1, -0.05) is 0 Å². The number of likely N-dealkylation sites (tertiary alicyclic amines) is 1. The molecule has 0 bridgehead atoms. The molecule has 0 aliphatic carbocycles. The first kappa shape index (κ1) is 22.9. The largest absolute Gasteiger partial charge is 0.447 e. The molecule has 2 aliphatic rings. The van der Waals surface area contributed by atoms with Crippen molar-refractivity contribution in [2.75, 3.05) is 36.8 Å². The maximum Gasteiger partial charge on any atom is 0.410 e. The summed E-state index contributed by atoms with van der Waals surface area (Å²) < 4.78 is 31.8. The van der Waals surface area contributed by atoms with E-state index in [1.54, 1.807) is 9.80 Å². The van der Waals surface area contributed by atoms with E-state index in [4.69, 9.17) is 15.9 Å². The molecule has 1 aromatic carbocycles. The van der Waals surface area contributed by atoms with Crippen molar-refractivity contribution in [2.45, 2.75) is 51.7 Å². The Hall–Kier alpha value is -2.42. The Kier molecular flexibility index (Phi) is 8.19. The van der Waals surface area contributed by atoms with Crippen molar-refractivity contribution < 1.29 is 23.4 Å². The molecule has 0 atom stereocenters. The number of nitrogens with zero attached hydrogens (tertiary/aromatic N) is 2. The maximum atomic E-state index is 13.6. The highest BCUT2D eigenvalue weighted by Crippen LogP contribution is 2.26. The lowest BCUT2D eigenvalue weighted by atomic mass is 10.1. The summed E-state index contributed by atoms with van der Waals surface area (Å²) in [6, 6.07) is 2.13. The van der Waals surface area contributed by atoms with Crippen molar-refractivity contribution in [3.8, 4) is 0 Å². The monoisotopic (exact) mass is 412 g/mol. The van der Waals surface area contributed by atoms with E-state index in [-0.39, 0.29) is 29.7 Å². The molecular weight excluding hydrogens is 382 g/mol. The first-order chi connectivity index (χ1) is 13.7. The fourth-order valence-corrected chi connectivity index (χ4v) is 3.14. The van der Waals surface area contributed by atoms with E-state index < -0.39 is 11.6 Å². The van der Waals surface area contributed by atoms with Gasteiger partial charge in [0, 0.05) is 56.9 Å². The third kappa shape index (κ3) is 6.85. The van der Waals surface area contributed by atoms with Crippen LogP contribution in [0.25, 0.3) is 0 Å². The van der Waals surface area contributed by atoms with Crippen LogP contribution in [-0.2, 0) is 4.74 Å². The van der Waals surface area contributed by atoms with E-state index in [1.807, 2.05) is 13.8 Å². The number of nitrogens with one attached hydrogen (secondary N) is 1.